The minimum Gasteiger partial charge on any atom is -0.325 e. The minimum absolute atomic E-state index is 0.0909. The summed E-state index contributed by atoms with van der Waals surface area (Å²) >= 11 is 2.81. The molecule has 168 valence electrons. The average molecular weight is 484 g/mol. The summed E-state index contributed by atoms with van der Waals surface area (Å²) in [4.78, 5) is 29.6. The van der Waals surface area contributed by atoms with Crippen molar-refractivity contribution in [2.75, 3.05) is 16.4 Å². The molecule has 0 bridgehead atoms. The molecule has 2 amide bonds. The number of carbonyl (C=O) groups excluding carboxylic acids is 2. The van der Waals surface area contributed by atoms with Crippen LogP contribution in [0.25, 0.3) is 21.5 Å². The van der Waals surface area contributed by atoms with Gasteiger partial charge in [-0.25, -0.2) is 4.98 Å². The molecule has 0 spiro atoms. The lowest BCUT2D eigenvalue weighted by molar-refractivity contribution is -0.116. The molecule has 0 aliphatic rings. The first-order chi connectivity index (χ1) is 16.7. The second-order valence-electron chi connectivity index (χ2n) is 7.72. The van der Waals surface area contributed by atoms with E-state index in [-0.39, 0.29) is 24.0 Å². The van der Waals surface area contributed by atoms with Gasteiger partial charge < -0.3 is 10.6 Å². The fraction of sp³-hybridized carbons (Fsp3) is 0.0741. The van der Waals surface area contributed by atoms with Crippen molar-refractivity contribution in [1.82, 2.24) is 4.98 Å². The molecule has 0 atom stereocenters. The molecule has 5 nitrogen and oxygen atoms in total. The lowest BCUT2D eigenvalue weighted by Gasteiger charge is -2.08. The summed E-state index contributed by atoms with van der Waals surface area (Å²) in [5.74, 6) is 0.0389. The number of hydrogen-bond donors (Lipinski definition) is 2. The number of benzene rings is 4. The number of anilines is 2. The van der Waals surface area contributed by atoms with Crippen molar-refractivity contribution in [3.8, 4) is 0 Å². The predicted octanol–water partition coefficient (Wildman–Crippen LogP) is 6.36. The van der Waals surface area contributed by atoms with Crippen LogP contribution in [0.5, 0.6) is 0 Å². The van der Waals surface area contributed by atoms with E-state index in [1.165, 1.54) is 23.1 Å². The van der Waals surface area contributed by atoms with Gasteiger partial charge in [0, 0.05) is 27.5 Å². The van der Waals surface area contributed by atoms with Crippen molar-refractivity contribution in [2.45, 2.75) is 10.8 Å². The summed E-state index contributed by atoms with van der Waals surface area (Å²) in [6.07, 6.45) is 0.183. The fourth-order valence-electron chi connectivity index (χ4n) is 3.78. The van der Waals surface area contributed by atoms with Crippen molar-refractivity contribution in [1.29, 1.82) is 0 Å². The van der Waals surface area contributed by atoms with Crippen molar-refractivity contribution in [3.05, 3.63) is 96.0 Å². The summed E-state index contributed by atoms with van der Waals surface area (Å²) < 4.78 is 0.765. The van der Waals surface area contributed by atoms with Crippen molar-refractivity contribution >= 4 is 67.8 Å². The van der Waals surface area contributed by atoms with Gasteiger partial charge in [-0.05, 0) is 22.9 Å². The molecule has 0 aliphatic heterocycles. The summed E-state index contributed by atoms with van der Waals surface area (Å²) in [6.45, 7) is 0. The van der Waals surface area contributed by atoms with Gasteiger partial charge in [-0.3, -0.25) is 9.59 Å². The zero-order valence-corrected chi connectivity index (χ0v) is 19.8. The van der Waals surface area contributed by atoms with E-state index < -0.39 is 0 Å². The second-order valence-corrected chi connectivity index (χ2v) is 9.80. The number of thiazole rings is 1. The number of aromatic nitrogens is 1. The monoisotopic (exact) mass is 483 g/mol. The van der Waals surface area contributed by atoms with Gasteiger partial charge in [0.25, 0.3) is 0 Å². The molecule has 34 heavy (non-hydrogen) atoms. The predicted molar refractivity (Wildman–Crippen MR) is 142 cm³/mol. The molecule has 0 aliphatic carbocycles. The highest BCUT2D eigenvalue weighted by Gasteiger charge is 2.12. The van der Waals surface area contributed by atoms with E-state index in [0.29, 0.717) is 5.69 Å². The van der Waals surface area contributed by atoms with Crippen molar-refractivity contribution < 1.29 is 9.59 Å². The molecule has 7 heteroatoms. The number of rotatable bonds is 7. The van der Waals surface area contributed by atoms with Gasteiger partial charge in [0.2, 0.25) is 11.8 Å². The third-order valence-corrected chi connectivity index (χ3v) is 7.40. The van der Waals surface area contributed by atoms with E-state index >= 15 is 0 Å². The van der Waals surface area contributed by atoms with Crippen molar-refractivity contribution in [3.63, 3.8) is 0 Å². The van der Waals surface area contributed by atoms with E-state index in [0.717, 1.165) is 37.3 Å². The highest BCUT2D eigenvalue weighted by atomic mass is 32.2. The number of fused-ring (bicyclic) bond motifs is 2. The lowest BCUT2D eigenvalue weighted by atomic mass is 10.1. The van der Waals surface area contributed by atoms with Gasteiger partial charge in [0.15, 0.2) is 4.34 Å². The van der Waals surface area contributed by atoms with E-state index in [2.05, 4.69) is 15.6 Å². The van der Waals surface area contributed by atoms with Gasteiger partial charge in [-0.15, -0.1) is 11.3 Å². The van der Waals surface area contributed by atoms with Crippen LogP contribution in [0.2, 0.25) is 0 Å². The summed E-state index contributed by atoms with van der Waals surface area (Å²) in [5, 5.41) is 12.0. The van der Waals surface area contributed by atoms with Crippen LogP contribution in [0.15, 0.2) is 94.6 Å². The van der Waals surface area contributed by atoms with Crippen LogP contribution in [0.1, 0.15) is 5.69 Å². The lowest BCUT2D eigenvalue weighted by Crippen LogP contribution is -2.15. The maximum absolute atomic E-state index is 12.6. The zero-order valence-electron chi connectivity index (χ0n) is 18.2. The fourth-order valence-corrected chi connectivity index (χ4v) is 5.42. The average Bonchev–Trinajstić information content (AvgIpc) is 3.30. The Hall–Kier alpha value is -3.68. The Bertz CT molecular complexity index is 1490. The van der Waals surface area contributed by atoms with Gasteiger partial charge in [-0.1, -0.05) is 84.6 Å². The minimum atomic E-state index is -0.119. The van der Waals surface area contributed by atoms with Gasteiger partial charge in [-0.2, -0.15) is 0 Å². The first-order valence-corrected chi connectivity index (χ1v) is 12.6. The molecule has 5 aromatic rings. The Morgan fingerprint density at radius 3 is 1.94 bits per heavy atom. The maximum atomic E-state index is 12.6. The van der Waals surface area contributed by atoms with Gasteiger partial charge >= 0.3 is 0 Å². The van der Waals surface area contributed by atoms with Crippen LogP contribution >= 0.6 is 23.1 Å². The first-order valence-electron chi connectivity index (χ1n) is 10.8. The topological polar surface area (TPSA) is 71.1 Å². The number of nitrogens with one attached hydrogen (secondary N) is 2. The summed E-state index contributed by atoms with van der Waals surface area (Å²) in [6, 6.07) is 27.6. The number of thioether (sulfide) groups is 1. The van der Waals surface area contributed by atoms with Gasteiger partial charge in [0.1, 0.15) is 0 Å². The molecule has 0 saturated carbocycles. The summed E-state index contributed by atoms with van der Waals surface area (Å²) in [7, 11) is 0. The third kappa shape index (κ3) is 5.11. The van der Waals surface area contributed by atoms with E-state index in [1.54, 1.807) is 0 Å². The van der Waals surface area contributed by atoms with Crippen LogP contribution in [0.4, 0.5) is 11.4 Å². The molecule has 0 fully saturated rings. The zero-order chi connectivity index (χ0) is 23.3. The van der Waals surface area contributed by atoms with Crippen LogP contribution < -0.4 is 10.6 Å². The van der Waals surface area contributed by atoms with Crippen LogP contribution in [-0.4, -0.2) is 22.6 Å². The molecule has 0 unspecified atom stereocenters. The number of carbonyl (C=O) groups is 2. The van der Waals surface area contributed by atoms with Crippen LogP contribution in [-0.2, 0) is 16.0 Å². The standard InChI is InChI=1S/C27H21N3O2S2/c31-25(29-23-13-5-9-18-7-1-3-11-21(18)23)15-20-16-33-27(28-20)34-17-26(32)30-24-14-6-10-19-8-2-4-12-22(19)24/h1-14,16H,15,17H2,(H,29,31)(H,30,32). The molecular formula is C27H21N3O2S2. The number of nitrogens with zero attached hydrogens (tertiary/aromatic N) is 1. The molecular weight excluding hydrogens is 462 g/mol. The molecule has 4 aromatic carbocycles. The number of hydrogen-bond acceptors (Lipinski definition) is 5. The van der Waals surface area contributed by atoms with Crippen LogP contribution in [0.3, 0.4) is 0 Å². The highest BCUT2D eigenvalue weighted by Crippen LogP contribution is 2.26. The maximum Gasteiger partial charge on any atom is 0.234 e. The molecule has 0 saturated heterocycles. The quantitative estimate of drug-likeness (QED) is 0.264. The molecule has 2 N–H and O–H groups in total. The summed E-state index contributed by atoms with van der Waals surface area (Å²) in [5.41, 5.74) is 2.28. The van der Waals surface area contributed by atoms with E-state index in [1.807, 2.05) is 90.3 Å². The Balaban J connectivity index is 1.16. The van der Waals surface area contributed by atoms with E-state index in [4.69, 9.17) is 0 Å². The van der Waals surface area contributed by atoms with Gasteiger partial charge in [0.05, 0.1) is 17.9 Å². The van der Waals surface area contributed by atoms with E-state index in [9.17, 15) is 9.59 Å². The third-order valence-electron chi connectivity index (χ3n) is 5.33. The number of amides is 2. The SMILES string of the molecule is O=C(CSc1nc(CC(=O)Nc2cccc3ccccc23)cs1)Nc1cccc2ccccc12. The van der Waals surface area contributed by atoms with Crippen LogP contribution in [0, 0.1) is 0 Å². The molecule has 1 aromatic heterocycles. The Kier molecular flexibility index (Phi) is 6.56. The molecule has 1 heterocycles. The Labute approximate surface area is 205 Å². The smallest absolute Gasteiger partial charge is 0.234 e. The molecule has 5 rings (SSSR count). The Morgan fingerprint density at radius 2 is 1.29 bits per heavy atom. The normalized spacial score (nSPS) is 10.9. The Morgan fingerprint density at radius 1 is 0.735 bits per heavy atom. The first kappa shape index (κ1) is 22.1. The molecule has 0 radical (unpaired) electrons. The van der Waals surface area contributed by atoms with Crippen molar-refractivity contribution in [2.24, 2.45) is 0 Å². The largest absolute Gasteiger partial charge is 0.325 e. The second kappa shape index (κ2) is 10.1. The highest BCUT2D eigenvalue weighted by molar-refractivity contribution is 8.01.